The van der Waals surface area contributed by atoms with Crippen molar-refractivity contribution in [2.24, 2.45) is 11.8 Å². The van der Waals surface area contributed by atoms with E-state index in [2.05, 4.69) is 6.92 Å². The Balaban J connectivity index is 2.14. The highest BCUT2D eigenvalue weighted by molar-refractivity contribution is 5.88. The second-order valence-electron chi connectivity index (χ2n) is 5.08. The Morgan fingerprint density at radius 1 is 1.40 bits per heavy atom. The molecule has 0 saturated heterocycles. The molecule has 2 heteroatoms. The molecule has 0 spiro atoms. The van der Waals surface area contributed by atoms with Crippen LogP contribution in [0.2, 0.25) is 0 Å². The number of rotatable bonds is 5. The highest BCUT2D eigenvalue weighted by Gasteiger charge is 2.55. The molecule has 15 heavy (non-hydrogen) atoms. The zero-order valence-corrected chi connectivity index (χ0v) is 9.92. The predicted octanol–water partition coefficient (Wildman–Crippen LogP) is 2.95. The minimum Gasteiger partial charge on any atom is -0.367 e. The van der Waals surface area contributed by atoms with Gasteiger partial charge >= 0.3 is 0 Å². The molecular formula is C13H22O2. The van der Waals surface area contributed by atoms with Gasteiger partial charge in [0.2, 0.25) is 0 Å². The molecule has 86 valence electrons. The van der Waals surface area contributed by atoms with Crippen molar-refractivity contribution >= 4 is 5.78 Å². The van der Waals surface area contributed by atoms with Gasteiger partial charge in [0.25, 0.3) is 0 Å². The van der Waals surface area contributed by atoms with E-state index in [0.29, 0.717) is 24.7 Å². The lowest BCUT2D eigenvalue weighted by molar-refractivity contribution is -0.152. The summed E-state index contributed by atoms with van der Waals surface area (Å²) in [5, 5.41) is 0. The Labute approximate surface area is 92.4 Å². The van der Waals surface area contributed by atoms with E-state index in [0.717, 1.165) is 18.8 Å². The van der Waals surface area contributed by atoms with Crippen LogP contribution in [-0.4, -0.2) is 18.0 Å². The van der Waals surface area contributed by atoms with Gasteiger partial charge in [0.15, 0.2) is 5.78 Å². The summed E-state index contributed by atoms with van der Waals surface area (Å²) in [5.41, 5.74) is -0.367. The van der Waals surface area contributed by atoms with Crippen LogP contribution < -0.4 is 0 Å². The van der Waals surface area contributed by atoms with Crippen molar-refractivity contribution in [2.75, 3.05) is 6.61 Å². The highest BCUT2D eigenvalue weighted by atomic mass is 16.5. The maximum atomic E-state index is 12.2. The molecule has 3 unspecified atom stereocenters. The molecule has 2 saturated carbocycles. The number of Topliss-reactive ketones (excluding diaryl/α,β-unsaturated/α-hetero) is 1. The lowest BCUT2D eigenvalue weighted by atomic mass is 9.79. The van der Waals surface area contributed by atoms with Crippen molar-refractivity contribution in [2.45, 2.75) is 58.0 Å². The van der Waals surface area contributed by atoms with Crippen LogP contribution in [0.4, 0.5) is 0 Å². The average Bonchev–Trinajstić information content (AvgIpc) is 2.79. The molecule has 0 aromatic carbocycles. The van der Waals surface area contributed by atoms with E-state index in [1.807, 2.05) is 6.92 Å². The molecule has 2 nitrogen and oxygen atoms in total. The fourth-order valence-electron chi connectivity index (χ4n) is 3.57. The summed E-state index contributed by atoms with van der Waals surface area (Å²) in [5.74, 6) is 1.67. The van der Waals surface area contributed by atoms with Crippen LogP contribution in [0.25, 0.3) is 0 Å². The fraction of sp³-hybridized carbons (Fsp3) is 0.923. The van der Waals surface area contributed by atoms with Crippen LogP contribution in [0.5, 0.6) is 0 Å². The number of ether oxygens (including phenoxy) is 1. The molecular weight excluding hydrogens is 188 g/mol. The van der Waals surface area contributed by atoms with E-state index in [1.165, 1.54) is 19.3 Å². The molecule has 2 fully saturated rings. The molecule has 3 atom stereocenters. The Morgan fingerprint density at radius 2 is 2.20 bits per heavy atom. The normalized spacial score (nSPS) is 38.5. The predicted molar refractivity (Wildman–Crippen MR) is 59.7 cm³/mol. The molecule has 0 aromatic heterocycles. The van der Waals surface area contributed by atoms with Crippen LogP contribution in [0.15, 0.2) is 0 Å². The van der Waals surface area contributed by atoms with Crippen molar-refractivity contribution in [1.29, 1.82) is 0 Å². The maximum Gasteiger partial charge on any atom is 0.164 e. The maximum absolute atomic E-state index is 12.2. The number of ketones is 1. The van der Waals surface area contributed by atoms with Gasteiger partial charge in [-0.25, -0.2) is 0 Å². The van der Waals surface area contributed by atoms with Crippen molar-refractivity contribution in [3.05, 3.63) is 0 Å². The van der Waals surface area contributed by atoms with Gasteiger partial charge in [-0.15, -0.1) is 0 Å². The van der Waals surface area contributed by atoms with Crippen LogP contribution >= 0.6 is 0 Å². The molecule has 2 rings (SSSR count). The van der Waals surface area contributed by atoms with Gasteiger partial charge in [-0.05, 0) is 50.9 Å². The van der Waals surface area contributed by atoms with Gasteiger partial charge in [-0.2, -0.15) is 0 Å². The molecule has 2 aliphatic carbocycles. The quantitative estimate of drug-likeness (QED) is 0.697. The fourth-order valence-corrected chi connectivity index (χ4v) is 3.57. The monoisotopic (exact) mass is 210 g/mol. The summed E-state index contributed by atoms with van der Waals surface area (Å²) in [7, 11) is 0. The third-order valence-electron chi connectivity index (χ3n) is 4.14. The van der Waals surface area contributed by atoms with Crippen molar-refractivity contribution in [3.8, 4) is 0 Å². The minimum atomic E-state index is -0.367. The van der Waals surface area contributed by atoms with Crippen LogP contribution in [0, 0.1) is 11.8 Å². The third-order valence-corrected chi connectivity index (χ3v) is 4.14. The van der Waals surface area contributed by atoms with Gasteiger partial charge in [0.05, 0.1) is 0 Å². The molecule has 0 aromatic rings. The first-order chi connectivity index (χ1) is 7.23. The van der Waals surface area contributed by atoms with Gasteiger partial charge in [0, 0.05) is 13.0 Å². The number of carbonyl (C=O) groups is 1. The highest BCUT2D eigenvalue weighted by Crippen LogP contribution is 2.53. The van der Waals surface area contributed by atoms with Gasteiger partial charge in [0.1, 0.15) is 5.60 Å². The summed E-state index contributed by atoms with van der Waals surface area (Å²) >= 11 is 0. The van der Waals surface area contributed by atoms with Crippen molar-refractivity contribution < 1.29 is 9.53 Å². The smallest absolute Gasteiger partial charge is 0.164 e. The molecule has 0 amide bonds. The SMILES string of the molecule is CCCC(=O)C1(OCC)CC2CCC1C2. The molecule has 0 heterocycles. The largest absolute Gasteiger partial charge is 0.367 e. The first-order valence-corrected chi connectivity index (χ1v) is 6.40. The zero-order valence-electron chi connectivity index (χ0n) is 9.92. The van der Waals surface area contributed by atoms with E-state index in [1.54, 1.807) is 0 Å². The number of carbonyl (C=O) groups excluding carboxylic acids is 1. The lowest BCUT2D eigenvalue weighted by Gasteiger charge is -2.36. The molecule has 2 bridgehead atoms. The first-order valence-electron chi connectivity index (χ1n) is 6.40. The second-order valence-corrected chi connectivity index (χ2v) is 5.08. The van der Waals surface area contributed by atoms with Crippen LogP contribution in [0.3, 0.4) is 0 Å². The molecule has 0 N–H and O–H groups in total. The van der Waals surface area contributed by atoms with Gasteiger partial charge < -0.3 is 4.74 Å². The van der Waals surface area contributed by atoms with E-state index < -0.39 is 0 Å². The summed E-state index contributed by atoms with van der Waals surface area (Å²) in [4.78, 5) is 12.2. The van der Waals surface area contributed by atoms with Gasteiger partial charge in [-0.3, -0.25) is 4.79 Å². The third kappa shape index (κ3) is 1.73. The topological polar surface area (TPSA) is 26.3 Å². The standard InChI is InChI=1S/C13H22O2/c1-3-5-12(14)13(15-4-2)9-10-6-7-11(13)8-10/h10-11H,3-9H2,1-2H3. The Bertz CT molecular complexity index is 249. The van der Waals surface area contributed by atoms with E-state index >= 15 is 0 Å². The summed E-state index contributed by atoms with van der Waals surface area (Å²) in [6, 6.07) is 0. The first kappa shape index (κ1) is 11.1. The summed E-state index contributed by atoms with van der Waals surface area (Å²) in [6.45, 7) is 4.76. The van der Waals surface area contributed by atoms with E-state index in [4.69, 9.17) is 4.74 Å². The average molecular weight is 210 g/mol. The Kier molecular flexibility index (Phi) is 3.15. The van der Waals surface area contributed by atoms with Crippen molar-refractivity contribution in [3.63, 3.8) is 0 Å². The van der Waals surface area contributed by atoms with Gasteiger partial charge in [-0.1, -0.05) is 6.92 Å². The van der Waals surface area contributed by atoms with Crippen molar-refractivity contribution in [1.82, 2.24) is 0 Å². The summed E-state index contributed by atoms with van der Waals surface area (Å²) < 4.78 is 5.89. The molecule has 0 aliphatic heterocycles. The number of hydrogen-bond donors (Lipinski definition) is 0. The second kappa shape index (κ2) is 4.25. The lowest BCUT2D eigenvalue weighted by Crippen LogP contribution is -2.46. The van der Waals surface area contributed by atoms with Crippen LogP contribution in [-0.2, 0) is 9.53 Å². The Morgan fingerprint density at radius 3 is 2.67 bits per heavy atom. The van der Waals surface area contributed by atoms with E-state index in [-0.39, 0.29) is 5.60 Å². The summed E-state index contributed by atoms with van der Waals surface area (Å²) in [6.07, 6.45) is 6.41. The van der Waals surface area contributed by atoms with E-state index in [9.17, 15) is 4.79 Å². The number of fused-ring (bicyclic) bond motifs is 2. The molecule has 0 radical (unpaired) electrons. The number of hydrogen-bond acceptors (Lipinski definition) is 2. The Hall–Kier alpha value is -0.370. The van der Waals surface area contributed by atoms with Crippen LogP contribution in [0.1, 0.15) is 52.4 Å². The zero-order chi connectivity index (χ0) is 10.9. The minimum absolute atomic E-state index is 0.367. The molecule has 2 aliphatic rings.